The maximum atomic E-state index is 12.3. The van der Waals surface area contributed by atoms with Crippen LogP contribution in [0.4, 0.5) is 4.79 Å². The van der Waals surface area contributed by atoms with Crippen molar-refractivity contribution in [3.8, 4) is 5.75 Å². The molecule has 0 saturated carbocycles. The zero-order chi connectivity index (χ0) is 17.5. The molecule has 1 atom stereocenters. The van der Waals surface area contributed by atoms with Crippen molar-refractivity contribution in [1.82, 2.24) is 15.1 Å². The molecule has 1 aromatic carbocycles. The van der Waals surface area contributed by atoms with E-state index in [1.807, 2.05) is 40.1 Å². The van der Waals surface area contributed by atoms with Crippen LogP contribution in [0.15, 0.2) is 30.3 Å². The number of rotatable bonds is 6. The molecule has 3 rings (SSSR count). The Morgan fingerprint density at radius 2 is 2.04 bits per heavy atom. The lowest BCUT2D eigenvalue weighted by atomic mass is 10.0. The third-order valence-electron chi connectivity index (χ3n) is 4.84. The van der Waals surface area contributed by atoms with Gasteiger partial charge in [0.2, 0.25) is 5.91 Å². The van der Waals surface area contributed by atoms with Crippen LogP contribution in [0.25, 0.3) is 0 Å². The summed E-state index contributed by atoms with van der Waals surface area (Å²) in [6.45, 7) is 3.43. The second-order valence-electron chi connectivity index (χ2n) is 6.68. The Labute approximate surface area is 149 Å². The van der Waals surface area contributed by atoms with Gasteiger partial charge in [-0.3, -0.25) is 4.79 Å². The number of benzene rings is 1. The normalized spacial score (nSPS) is 20.6. The molecule has 0 spiro atoms. The van der Waals surface area contributed by atoms with E-state index >= 15 is 0 Å². The van der Waals surface area contributed by atoms with Gasteiger partial charge in [-0.1, -0.05) is 18.2 Å². The summed E-state index contributed by atoms with van der Waals surface area (Å²) in [6.07, 6.45) is 4.33. The number of amides is 3. The first kappa shape index (κ1) is 17.6. The highest BCUT2D eigenvalue weighted by Crippen LogP contribution is 2.21. The van der Waals surface area contributed by atoms with Crippen LogP contribution in [-0.4, -0.2) is 60.6 Å². The molecule has 0 radical (unpaired) electrons. The fraction of sp³-hybridized carbons (Fsp3) is 0.579. The van der Waals surface area contributed by atoms with Gasteiger partial charge in [-0.25, -0.2) is 4.79 Å². The minimum atomic E-state index is -0.0314. The van der Waals surface area contributed by atoms with Crippen molar-refractivity contribution in [3.05, 3.63) is 30.3 Å². The maximum absolute atomic E-state index is 12.3. The van der Waals surface area contributed by atoms with E-state index in [9.17, 15) is 9.59 Å². The van der Waals surface area contributed by atoms with Crippen molar-refractivity contribution in [2.24, 2.45) is 0 Å². The molecule has 2 aliphatic rings. The molecule has 6 heteroatoms. The van der Waals surface area contributed by atoms with Gasteiger partial charge in [0.15, 0.2) is 0 Å². The van der Waals surface area contributed by atoms with Gasteiger partial charge in [0.1, 0.15) is 5.75 Å². The van der Waals surface area contributed by atoms with Gasteiger partial charge in [0.25, 0.3) is 0 Å². The first-order valence-electron chi connectivity index (χ1n) is 9.24. The monoisotopic (exact) mass is 345 g/mol. The summed E-state index contributed by atoms with van der Waals surface area (Å²) in [4.78, 5) is 28.1. The van der Waals surface area contributed by atoms with E-state index in [0.717, 1.165) is 44.5 Å². The number of urea groups is 1. The highest BCUT2D eigenvalue weighted by Gasteiger charge is 2.32. The molecule has 25 heavy (non-hydrogen) atoms. The molecule has 2 aliphatic heterocycles. The summed E-state index contributed by atoms with van der Waals surface area (Å²) in [5, 5.41) is 2.96. The van der Waals surface area contributed by atoms with E-state index < -0.39 is 0 Å². The van der Waals surface area contributed by atoms with Gasteiger partial charge < -0.3 is 19.9 Å². The van der Waals surface area contributed by atoms with E-state index in [0.29, 0.717) is 26.1 Å². The minimum absolute atomic E-state index is 0.0314. The third-order valence-corrected chi connectivity index (χ3v) is 4.84. The molecule has 2 fully saturated rings. The summed E-state index contributed by atoms with van der Waals surface area (Å²) in [6, 6.07) is 9.84. The number of carbonyl (C=O) groups is 2. The van der Waals surface area contributed by atoms with Crippen molar-refractivity contribution in [1.29, 1.82) is 0 Å². The van der Waals surface area contributed by atoms with Crippen LogP contribution in [0.5, 0.6) is 5.75 Å². The van der Waals surface area contributed by atoms with Crippen LogP contribution in [0.3, 0.4) is 0 Å². The zero-order valence-corrected chi connectivity index (χ0v) is 14.7. The van der Waals surface area contributed by atoms with Crippen LogP contribution in [0, 0.1) is 0 Å². The zero-order valence-electron chi connectivity index (χ0n) is 14.7. The molecule has 0 aromatic heterocycles. The largest absolute Gasteiger partial charge is 0.494 e. The number of piperidine rings is 1. The molecular formula is C19H27N3O3. The van der Waals surface area contributed by atoms with Crippen LogP contribution in [0.1, 0.15) is 32.1 Å². The molecule has 2 saturated heterocycles. The Hall–Kier alpha value is -2.24. The molecule has 0 aliphatic carbocycles. The number of nitrogens with one attached hydrogen (secondary N) is 1. The number of nitrogens with zero attached hydrogens (tertiary/aromatic N) is 2. The smallest absolute Gasteiger partial charge is 0.317 e. The standard InChI is InChI=1S/C19H27N3O3/c23-18-10-5-13-22(18)16-7-4-12-21(15-16)19(24)20-11-6-14-25-17-8-2-1-3-9-17/h1-3,8-9,16H,4-7,10-15H2,(H,20,24)/t16-/m1/s1. The fourth-order valence-electron chi connectivity index (χ4n) is 3.53. The first-order chi connectivity index (χ1) is 12.2. The summed E-state index contributed by atoms with van der Waals surface area (Å²) in [5.41, 5.74) is 0. The van der Waals surface area contributed by atoms with E-state index in [2.05, 4.69) is 5.32 Å². The molecule has 0 unspecified atom stereocenters. The highest BCUT2D eigenvalue weighted by atomic mass is 16.5. The van der Waals surface area contributed by atoms with E-state index in [1.165, 1.54) is 0 Å². The predicted octanol–water partition coefficient (Wildman–Crippen LogP) is 2.25. The second kappa shape index (κ2) is 8.74. The van der Waals surface area contributed by atoms with Crippen LogP contribution >= 0.6 is 0 Å². The molecule has 2 heterocycles. The second-order valence-corrected chi connectivity index (χ2v) is 6.68. The summed E-state index contributed by atoms with van der Waals surface area (Å²) >= 11 is 0. The summed E-state index contributed by atoms with van der Waals surface area (Å²) in [7, 11) is 0. The number of para-hydroxylation sites is 1. The quantitative estimate of drug-likeness (QED) is 0.805. The van der Waals surface area contributed by atoms with Crippen molar-refractivity contribution in [2.75, 3.05) is 32.8 Å². The van der Waals surface area contributed by atoms with E-state index in [1.54, 1.807) is 0 Å². The average Bonchev–Trinajstić information content (AvgIpc) is 3.08. The Morgan fingerprint density at radius 3 is 2.80 bits per heavy atom. The molecular weight excluding hydrogens is 318 g/mol. The van der Waals surface area contributed by atoms with E-state index in [-0.39, 0.29) is 18.0 Å². The Morgan fingerprint density at radius 1 is 1.20 bits per heavy atom. The topological polar surface area (TPSA) is 61.9 Å². The van der Waals surface area contributed by atoms with Crippen molar-refractivity contribution in [2.45, 2.75) is 38.1 Å². The van der Waals surface area contributed by atoms with Crippen LogP contribution < -0.4 is 10.1 Å². The Balaban J connectivity index is 1.35. The summed E-state index contributed by atoms with van der Waals surface area (Å²) in [5.74, 6) is 1.09. The molecule has 6 nitrogen and oxygen atoms in total. The maximum Gasteiger partial charge on any atom is 0.317 e. The van der Waals surface area contributed by atoms with Gasteiger partial charge in [0, 0.05) is 38.6 Å². The lowest BCUT2D eigenvalue weighted by molar-refractivity contribution is -0.130. The SMILES string of the molecule is O=C(NCCCOc1ccccc1)N1CCC[C@@H](N2CCCC2=O)C1. The van der Waals surface area contributed by atoms with Gasteiger partial charge in [-0.15, -0.1) is 0 Å². The lowest BCUT2D eigenvalue weighted by Gasteiger charge is -2.37. The van der Waals surface area contributed by atoms with E-state index in [4.69, 9.17) is 4.74 Å². The number of carbonyl (C=O) groups excluding carboxylic acids is 2. The molecule has 136 valence electrons. The third kappa shape index (κ3) is 4.87. The highest BCUT2D eigenvalue weighted by molar-refractivity contribution is 5.79. The number of hydrogen-bond acceptors (Lipinski definition) is 3. The Bertz CT molecular complexity index is 579. The van der Waals surface area contributed by atoms with Gasteiger partial charge in [-0.2, -0.15) is 0 Å². The number of likely N-dealkylation sites (tertiary alicyclic amines) is 2. The van der Waals surface area contributed by atoms with Crippen LogP contribution in [0.2, 0.25) is 0 Å². The fourth-order valence-corrected chi connectivity index (χ4v) is 3.53. The number of hydrogen-bond donors (Lipinski definition) is 1. The predicted molar refractivity (Wildman–Crippen MR) is 95.5 cm³/mol. The Kier molecular flexibility index (Phi) is 6.14. The molecule has 1 N–H and O–H groups in total. The van der Waals surface area contributed by atoms with Crippen molar-refractivity contribution in [3.63, 3.8) is 0 Å². The van der Waals surface area contributed by atoms with Gasteiger partial charge >= 0.3 is 6.03 Å². The average molecular weight is 345 g/mol. The van der Waals surface area contributed by atoms with Crippen LogP contribution in [-0.2, 0) is 4.79 Å². The van der Waals surface area contributed by atoms with Gasteiger partial charge in [-0.05, 0) is 37.8 Å². The molecule has 0 bridgehead atoms. The van der Waals surface area contributed by atoms with Crippen molar-refractivity contribution < 1.29 is 14.3 Å². The lowest BCUT2D eigenvalue weighted by Crippen LogP contribution is -2.52. The number of ether oxygens (including phenoxy) is 1. The summed E-state index contributed by atoms with van der Waals surface area (Å²) < 4.78 is 5.62. The van der Waals surface area contributed by atoms with Gasteiger partial charge in [0.05, 0.1) is 6.61 Å². The minimum Gasteiger partial charge on any atom is -0.494 e. The molecule has 1 aromatic rings. The first-order valence-corrected chi connectivity index (χ1v) is 9.24. The van der Waals surface area contributed by atoms with Crippen molar-refractivity contribution >= 4 is 11.9 Å². The molecule has 3 amide bonds.